The normalized spacial score (nSPS) is 21.4. The van der Waals surface area contributed by atoms with E-state index in [9.17, 15) is 0 Å². The first-order chi connectivity index (χ1) is 9.86. The molecular formula is C16H26N4. The zero-order valence-electron chi connectivity index (χ0n) is 12.5. The molecule has 1 aromatic rings. The number of nitrogens with zero attached hydrogens (tertiary/aromatic N) is 3. The Balaban J connectivity index is 1.65. The molecule has 0 aromatic carbocycles. The van der Waals surface area contributed by atoms with E-state index in [1.165, 1.54) is 51.0 Å². The zero-order valence-corrected chi connectivity index (χ0v) is 12.5. The lowest BCUT2D eigenvalue weighted by Crippen LogP contribution is -2.39. The third kappa shape index (κ3) is 3.06. The first-order valence-corrected chi connectivity index (χ1v) is 8.05. The van der Waals surface area contributed by atoms with Crippen LogP contribution in [0.2, 0.25) is 0 Å². The van der Waals surface area contributed by atoms with Gasteiger partial charge in [0.25, 0.3) is 0 Å². The largest absolute Gasteiger partial charge is 0.379 e. The van der Waals surface area contributed by atoms with Crippen molar-refractivity contribution >= 4 is 11.5 Å². The minimum atomic E-state index is 0.600. The van der Waals surface area contributed by atoms with Crippen LogP contribution in [0.15, 0.2) is 18.3 Å². The van der Waals surface area contributed by atoms with E-state index < -0.39 is 0 Å². The van der Waals surface area contributed by atoms with E-state index in [0.717, 1.165) is 18.9 Å². The number of hydrogen-bond acceptors (Lipinski definition) is 4. The summed E-state index contributed by atoms with van der Waals surface area (Å²) >= 11 is 0. The number of anilines is 2. The number of likely N-dealkylation sites (tertiary alicyclic amines) is 1. The third-order valence-electron chi connectivity index (χ3n) is 4.59. The average Bonchev–Trinajstić information content (AvgIpc) is 3.03. The van der Waals surface area contributed by atoms with Gasteiger partial charge in [-0.1, -0.05) is 6.92 Å². The van der Waals surface area contributed by atoms with Crippen molar-refractivity contribution in [1.82, 2.24) is 9.88 Å². The molecule has 4 heteroatoms. The van der Waals surface area contributed by atoms with Crippen molar-refractivity contribution in [3.63, 3.8) is 0 Å². The van der Waals surface area contributed by atoms with Crippen molar-refractivity contribution in [3.8, 4) is 0 Å². The van der Waals surface area contributed by atoms with Crippen molar-refractivity contribution in [3.05, 3.63) is 18.3 Å². The Kier molecular flexibility index (Phi) is 4.41. The Morgan fingerprint density at radius 3 is 2.65 bits per heavy atom. The van der Waals surface area contributed by atoms with Gasteiger partial charge < -0.3 is 15.1 Å². The molecule has 20 heavy (non-hydrogen) atoms. The highest BCUT2D eigenvalue weighted by Crippen LogP contribution is 2.28. The highest BCUT2D eigenvalue weighted by atomic mass is 15.2. The van der Waals surface area contributed by atoms with E-state index in [2.05, 4.69) is 33.1 Å². The second-order valence-electron chi connectivity index (χ2n) is 5.92. The molecule has 3 heterocycles. The molecule has 1 aromatic heterocycles. The smallest absolute Gasteiger partial charge is 0.151 e. The summed E-state index contributed by atoms with van der Waals surface area (Å²) in [7, 11) is 0. The highest BCUT2D eigenvalue weighted by molar-refractivity contribution is 5.66. The maximum Gasteiger partial charge on any atom is 0.151 e. The molecule has 2 aliphatic heterocycles. The van der Waals surface area contributed by atoms with Crippen LogP contribution in [-0.2, 0) is 0 Å². The zero-order chi connectivity index (χ0) is 13.8. The Hall–Kier alpha value is -1.29. The molecule has 0 atom stereocenters. The summed E-state index contributed by atoms with van der Waals surface area (Å²) in [4.78, 5) is 9.56. The van der Waals surface area contributed by atoms with Crippen LogP contribution >= 0.6 is 0 Å². The van der Waals surface area contributed by atoms with Gasteiger partial charge in [-0.05, 0) is 44.4 Å². The van der Waals surface area contributed by atoms with Crippen LogP contribution in [-0.4, -0.2) is 48.6 Å². The van der Waals surface area contributed by atoms with Crippen LogP contribution in [0.5, 0.6) is 0 Å². The Morgan fingerprint density at radius 1 is 1.20 bits per heavy atom. The van der Waals surface area contributed by atoms with Crippen LogP contribution in [0.4, 0.5) is 11.5 Å². The molecule has 0 unspecified atom stereocenters. The predicted molar refractivity (Wildman–Crippen MR) is 84.4 cm³/mol. The lowest BCUT2D eigenvalue weighted by molar-refractivity contribution is 0.229. The van der Waals surface area contributed by atoms with Gasteiger partial charge in [0.2, 0.25) is 0 Å². The SMILES string of the molecule is CCN1CCC(Nc2cccnc2N2CCCC2)CC1. The fraction of sp³-hybridized carbons (Fsp3) is 0.688. The number of aromatic nitrogens is 1. The molecule has 0 aliphatic carbocycles. The standard InChI is InChI=1S/C16H26N4/c1-2-19-12-7-14(8-13-19)18-15-6-5-9-17-16(15)20-10-3-4-11-20/h5-6,9,14,18H,2-4,7-8,10-13H2,1H3. The predicted octanol–water partition coefficient (Wildman–Crippen LogP) is 2.58. The first kappa shape index (κ1) is 13.7. The summed E-state index contributed by atoms with van der Waals surface area (Å²) in [6.45, 7) is 8.17. The van der Waals surface area contributed by atoms with E-state index in [1.807, 2.05) is 12.3 Å². The number of hydrogen-bond donors (Lipinski definition) is 1. The minimum Gasteiger partial charge on any atom is -0.379 e. The molecule has 2 aliphatic rings. The monoisotopic (exact) mass is 274 g/mol. The first-order valence-electron chi connectivity index (χ1n) is 8.05. The van der Waals surface area contributed by atoms with Crippen LogP contribution in [0.1, 0.15) is 32.6 Å². The lowest BCUT2D eigenvalue weighted by Gasteiger charge is -2.32. The number of nitrogens with one attached hydrogen (secondary N) is 1. The molecule has 4 nitrogen and oxygen atoms in total. The van der Waals surface area contributed by atoms with Gasteiger partial charge in [0, 0.05) is 38.4 Å². The second-order valence-corrected chi connectivity index (χ2v) is 5.92. The molecule has 0 radical (unpaired) electrons. The highest BCUT2D eigenvalue weighted by Gasteiger charge is 2.21. The molecule has 1 N–H and O–H groups in total. The molecule has 0 saturated carbocycles. The van der Waals surface area contributed by atoms with Crippen LogP contribution in [0, 0.1) is 0 Å². The van der Waals surface area contributed by atoms with Gasteiger partial charge in [-0.3, -0.25) is 0 Å². The lowest BCUT2D eigenvalue weighted by atomic mass is 10.0. The third-order valence-corrected chi connectivity index (χ3v) is 4.59. The molecule has 3 rings (SSSR count). The van der Waals surface area contributed by atoms with E-state index >= 15 is 0 Å². The molecule has 0 bridgehead atoms. The number of piperidine rings is 1. The summed E-state index contributed by atoms with van der Waals surface area (Å²) < 4.78 is 0. The van der Waals surface area contributed by atoms with Gasteiger partial charge >= 0.3 is 0 Å². The maximum absolute atomic E-state index is 4.61. The average molecular weight is 274 g/mol. The van der Waals surface area contributed by atoms with Crippen molar-refractivity contribution in [2.75, 3.05) is 42.9 Å². The van der Waals surface area contributed by atoms with Crippen molar-refractivity contribution in [1.29, 1.82) is 0 Å². The van der Waals surface area contributed by atoms with E-state index in [1.54, 1.807) is 0 Å². The van der Waals surface area contributed by atoms with Crippen LogP contribution in [0.3, 0.4) is 0 Å². The van der Waals surface area contributed by atoms with Gasteiger partial charge in [-0.25, -0.2) is 4.98 Å². The van der Waals surface area contributed by atoms with Gasteiger partial charge in [-0.15, -0.1) is 0 Å². The molecule has 0 amide bonds. The second kappa shape index (κ2) is 6.44. The summed E-state index contributed by atoms with van der Waals surface area (Å²) in [5.41, 5.74) is 1.23. The quantitative estimate of drug-likeness (QED) is 0.914. The molecule has 110 valence electrons. The maximum atomic E-state index is 4.61. The van der Waals surface area contributed by atoms with Gasteiger partial charge in [0.1, 0.15) is 0 Å². The summed E-state index contributed by atoms with van der Waals surface area (Å²) in [5.74, 6) is 1.16. The Morgan fingerprint density at radius 2 is 1.95 bits per heavy atom. The molecular weight excluding hydrogens is 248 g/mol. The van der Waals surface area contributed by atoms with Crippen molar-refractivity contribution in [2.24, 2.45) is 0 Å². The summed E-state index contributed by atoms with van der Waals surface area (Å²) in [5, 5.41) is 3.74. The molecule has 2 saturated heterocycles. The number of pyridine rings is 1. The van der Waals surface area contributed by atoms with Crippen LogP contribution in [0.25, 0.3) is 0 Å². The minimum absolute atomic E-state index is 0.600. The van der Waals surface area contributed by atoms with Gasteiger partial charge in [0.15, 0.2) is 5.82 Å². The molecule has 0 spiro atoms. The summed E-state index contributed by atoms with van der Waals surface area (Å²) in [6.07, 6.45) is 6.98. The Bertz CT molecular complexity index is 420. The van der Waals surface area contributed by atoms with E-state index in [4.69, 9.17) is 0 Å². The van der Waals surface area contributed by atoms with Gasteiger partial charge in [0.05, 0.1) is 5.69 Å². The fourth-order valence-electron chi connectivity index (χ4n) is 3.30. The molecule has 2 fully saturated rings. The number of rotatable bonds is 4. The van der Waals surface area contributed by atoms with Gasteiger partial charge in [-0.2, -0.15) is 0 Å². The van der Waals surface area contributed by atoms with Crippen LogP contribution < -0.4 is 10.2 Å². The van der Waals surface area contributed by atoms with Crippen molar-refractivity contribution < 1.29 is 0 Å². The fourth-order valence-corrected chi connectivity index (χ4v) is 3.30. The van der Waals surface area contributed by atoms with E-state index in [0.29, 0.717) is 6.04 Å². The Labute approximate surface area is 122 Å². The topological polar surface area (TPSA) is 31.4 Å². The van der Waals surface area contributed by atoms with E-state index in [-0.39, 0.29) is 0 Å². The van der Waals surface area contributed by atoms with Crippen molar-refractivity contribution in [2.45, 2.75) is 38.6 Å². The summed E-state index contributed by atoms with van der Waals surface area (Å²) in [6, 6.07) is 4.83.